The largest absolute Gasteiger partial charge is 0.478 e. The molecule has 3 rings (SSSR count). The first-order valence-corrected chi connectivity index (χ1v) is 10.00. The number of carboxylic acids is 1. The molecular formula is C19H17ClN2O4S. The number of nitrogens with two attached hydrogens (primary N) is 1. The molecule has 0 unspecified atom stereocenters. The molecule has 27 heavy (non-hydrogen) atoms. The molecule has 140 valence electrons. The van der Waals surface area contributed by atoms with Crippen LogP contribution < -0.4 is 10.5 Å². The van der Waals surface area contributed by atoms with Crippen LogP contribution in [0.15, 0.2) is 59.5 Å². The number of hydrogen-bond acceptors (Lipinski definition) is 4. The highest BCUT2D eigenvalue weighted by atomic mass is 35.5. The summed E-state index contributed by atoms with van der Waals surface area (Å²) in [7, 11) is -4.15. The predicted octanol–water partition coefficient (Wildman–Crippen LogP) is 3.49. The first-order valence-electron chi connectivity index (χ1n) is 8.07. The molecule has 0 spiro atoms. The van der Waals surface area contributed by atoms with Crippen LogP contribution >= 0.6 is 11.6 Å². The summed E-state index contributed by atoms with van der Waals surface area (Å²) < 4.78 is 23.4. The van der Waals surface area contributed by atoms with E-state index in [0.717, 1.165) is 22.4 Å². The van der Waals surface area contributed by atoms with Gasteiger partial charge in [-0.25, -0.2) is 18.4 Å². The van der Waals surface area contributed by atoms with Gasteiger partial charge in [0.15, 0.2) is 0 Å². The summed E-state index contributed by atoms with van der Waals surface area (Å²) in [6.07, 6.45) is 0.639. The Hall–Kier alpha value is -2.61. The van der Waals surface area contributed by atoms with Crippen molar-refractivity contribution in [1.29, 1.82) is 0 Å². The molecule has 0 aliphatic carbocycles. The van der Waals surface area contributed by atoms with E-state index in [-0.39, 0.29) is 16.3 Å². The van der Waals surface area contributed by atoms with Gasteiger partial charge in [0.05, 0.1) is 16.3 Å². The minimum atomic E-state index is -4.15. The number of aromatic carboxylic acids is 1. The fourth-order valence-corrected chi connectivity index (χ4v) is 4.05. The second-order valence-electron chi connectivity index (χ2n) is 6.00. The van der Waals surface area contributed by atoms with E-state index in [1.807, 2.05) is 42.5 Å². The number of carbonyl (C=O) groups is 1. The van der Waals surface area contributed by atoms with E-state index in [4.69, 9.17) is 16.7 Å². The maximum atomic E-state index is 11.7. The SMILES string of the molecule is NS(=O)(=O)c1cc(C(=O)O)cc(NCCc2cccc3ccccc23)c1Cl. The molecule has 0 aromatic heterocycles. The lowest BCUT2D eigenvalue weighted by Gasteiger charge is -2.13. The van der Waals surface area contributed by atoms with Gasteiger partial charge in [-0.3, -0.25) is 0 Å². The Morgan fingerprint density at radius 2 is 1.81 bits per heavy atom. The molecule has 0 aliphatic rings. The topological polar surface area (TPSA) is 109 Å². The third-order valence-electron chi connectivity index (χ3n) is 4.18. The van der Waals surface area contributed by atoms with Gasteiger partial charge in [-0.2, -0.15) is 0 Å². The van der Waals surface area contributed by atoms with Gasteiger partial charge in [0.1, 0.15) is 4.90 Å². The number of carboxylic acid groups (broad SMARTS) is 1. The van der Waals surface area contributed by atoms with E-state index in [2.05, 4.69) is 5.32 Å². The Kier molecular flexibility index (Phi) is 5.36. The van der Waals surface area contributed by atoms with Crippen molar-refractivity contribution < 1.29 is 18.3 Å². The molecule has 0 bridgehead atoms. The normalized spacial score (nSPS) is 11.5. The molecule has 0 heterocycles. The first-order chi connectivity index (χ1) is 12.8. The lowest BCUT2D eigenvalue weighted by molar-refractivity contribution is 0.0696. The van der Waals surface area contributed by atoms with E-state index in [9.17, 15) is 18.3 Å². The van der Waals surface area contributed by atoms with Gasteiger partial charge in [-0.05, 0) is 34.9 Å². The van der Waals surface area contributed by atoms with Crippen LogP contribution in [0.4, 0.5) is 5.69 Å². The maximum Gasteiger partial charge on any atom is 0.335 e. The highest BCUT2D eigenvalue weighted by Crippen LogP contribution is 2.31. The van der Waals surface area contributed by atoms with Crippen LogP contribution in [-0.4, -0.2) is 26.0 Å². The number of rotatable bonds is 6. The van der Waals surface area contributed by atoms with E-state index in [0.29, 0.717) is 13.0 Å². The van der Waals surface area contributed by atoms with Gasteiger partial charge in [-0.1, -0.05) is 54.1 Å². The van der Waals surface area contributed by atoms with Gasteiger partial charge in [0.25, 0.3) is 0 Å². The Labute approximate surface area is 161 Å². The number of primary sulfonamides is 1. The fourth-order valence-electron chi connectivity index (χ4n) is 2.90. The molecule has 0 radical (unpaired) electrons. The van der Waals surface area contributed by atoms with Crippen LogP contribution in [0.2, 0.25) is 5.02 Å². The van der Waals surface area contributed by atoms with Crippen LogP contribution in [0.5, 0.6) is 0 Å². The van der Waals surface area contributed by atoms with Crippen molar-refractivity contribution in [3.8, 4) is 0 Å². The van der Waals surface area contributed by atoms with Gasteiger partial charge in [0.2, 0.25) is 10.0 Å². The minimum Gasteiger partial charge on any atom is -0.478 e. The molecule has 0 saturated carbocycles. The summed E-state index contributed by atoms with van der Waals surface area (Å²) >= 11 is 6.13. The molecule has 8 heteroatoms. The molecule has 3 aromatic carbocycles. The van der Waals surface area contributed by atoms with Crippen LogP contribution in [0.1, 0.15) is 15.9 Å². The number of nitrogens with one attached hydrogen (secondary N) is 1. The van der Waals surface area contributed by atoms with Crippen LogP contribution in [0.3, 0.4) is 0 Å². The van der Waals surface area contributed by atoms with E-state index in [1.165, 1.54) is 6.07 Å². The Balaban J connectivity index is 1.87. The lowest BCUT2D eigenvalue weighted by atomic mass is 10.0. The van der Waals surface area contributed by atoms with Crippen molar-refractivity contribution >= 4 is 44.1 Å². The quantitative estimate of drug-likeness (QED) is 0.582. The summed E-state index contributed by atoms with van der Waals surface area (Å²) in [5, 5.41) is 19.5. The second-order valence-corrected chi connectivity index (χ2v) is 7.91. The predicted molar refractivity (Wildman–Crippen MR) is 106 cm³/mol. The van der Waals surface area contributed by atoms with Gasteiger partial charge in [-0.15, -0.1) is 0 Å². The number of anilines is 1. The molecule has 0 saturated heterocycles. The Bertz CT molecular complexity index is 1120. The van der Waals surface area contributed by atoms with Crippen LogP contribution in [0, 0.1) is 0 Å². The fraction of sp³-hybridized carbons (Fsp3) is 0.105. The molecule has 0 amide bonds. The molecule has 4 N–H and O–H groups in total. The number of halogens is 1. The van der Waals surface area contributed by atoms with Crippen LogP contribution in [-0.2, 0) is 16.4 Å². The zero-order chi connectivity index (χ0) is 19.6. The molecule has 0 aliphatic heterocycles. The summed E-state index contributed by atoms with van der Waals surface area (Å²) in [6.45, 7) is 0.431. The molecule has 6 nitrogen and oxygen atoms in total. The highest BCUT2D eigenvalue weighted by Gasteiger charge is 2.20. The number of benzene rings is 3. The zero-order valence-electron chi connectivity index (χ0n) is 14.1. The second kappa shape index (κ2) is 7.56. The van der Waals surface area contributed by atoms with Crippen molar-refractivity contribution in [3.05, 3.63) is 70.7 Å². The third kappa shape index (κ3) is 4.21. The van der Waals surface area contributed by atoms with E-state index < -0.39 is 20.9 Å². The summed E-state index contributed by atoms with van der Waals surface area (Å²) in [5.41, 5.74) is 1.11. The van der Waals surface area contributed by atoms with E-state index in [1.54, 1.807) is 0 Å². The minimum absolute atomic E-state index is 0.125. The number of hydrogen-bond donors (Lipinski definition) is 3. The number of sulfonamides is 1. The molecular weight excluding hydrogens is 388 g/mol. The Morgan fingerprint density at radius 3 is 2.52 bits per heavy atom. The molecule has 0 atom stereocenters. The van der Waals surface area contributed by atoms with Crippen LogP contribution in [0.25, 0.3) is 10.8 Å². The molecule has 3 aromatic rings. The zero-order valence-corrected chi connectivity index (χ0v) is 15.7. The van der Waals surface area contributed by atoms with Crippen molar-refractivity contribution in [2.75, 3.05) is 11.9 Å². The summed E-state index contributed by atoms with van der Waals surface area (Å²) in [4.78, 5) is 10.9. The Morgan fingerprint density at radius 1 is 1.11 bits per heavy atom. The van der Waals surface area contributed by atoms with Crippen molar-refractivity contribution in [1.82, 2.24) is 0 Å². The lowest BCUT2D eigenvalue weighted by Crippen LogP contribution is -2.15. The van der Waals surface area contributed by atoms with Gasteiger partial charge in [0, 0.05) is 6.54 Å². The van der Waals surface area contributed by atoms with Gasteiger partial charge >= 0.3 is 5.97 Å². The highest BCUT2D eigenvalue weighted by molar-refractivity contribution is 7.89. The summed E-state index contributed by atoms with van der Waals surface area (Å²) in [5.74, 6) is -1.27. The molecule has 0 fully saturated rings. The average molecular weight is 405 g/mol. The first kappa shape index (κ1) is 19.2. The maximum absolute atomic E-state index is 11.7. The van der Waals surface area contributed by atoms with Crippen molar-refractivity contribution in [2.24, 2.45) is 5.14 Å². The third-order valence-corrected chi connectivity index (χ3v) is 5.64. The summed E-state index contributed by atoms with van der Waals surface area (Å²) in [6, 6.07) is 16.2. The number of fused-ring (bicyclic) bond motifs is 1. The van der Waals surface area contributed by atoms with E-state index >= 15 is 0 Å². The smallest absolute Gasteiger partial charge is 0.335 e. The van der Waals surface area contributed by atoms with Crippen molar-refractivity contribution in [3.63, 3.8) is 0 Å². The monoisotopic (exact) mass is 404 g/mol. The average Bonchev–Trinajstić information content (AvgIpc) is 2.62. The standard InChI is InChI=1S/C19H17ClN2O4S/c20-18-16(10-14(19(23)24)11-17(18)27(21,25)26)22-9-8-13-6-3-5-12-4-1-2-7-15(12)13/h1-7,10-11,22H,8-9H2,(H,23,24)(H2,21,25,26). The van der Waals surface area contributed by atoms with Crippen molar-refractivity contribution in [2.45, 2.75) is 11.3 Å². The van der Waals surface area contributed by atoms with Gasteiger partial charge < -0.3 is 10.4 Å².